The van der Waals surface area contributed by atoms with E-state index in [2.05, 4.69) is 16.7 Å². The second-order valence-electron chi connectivity index (χ2n) is 6.40. The van der Waals surface area contributed by atoms with Crippen LogP contribution in [0.25, 0.3) is 0 Å². The van der Waals surface area contributed by atoms with Gasteiger partial charge >= 0.3 is 0 Å². The van der Waals surface area contributed by atoms with Crippen LogP contribution in [0.4, 0.5) is 5.69 Å². The average Bonchev–Trinajstić information content (AvgIpc) is 2.68. The van der Waals surface area contributed by atoms with Crippen LogP contribution in [0, 0.1) is 0 Å². The molecule has 2 aromatic carbocycles. The van der Waals surface area contributed by atoms with Gasteiger partial charge in [0.05, 0.1) is 6.61 Å². The number of rotatable bonds is 7. The van der Waals surface area contributed by atoms with Gasteiger partial charge in [-0.05, 0) is 41.8 Å². The van der Waals surface area contributed by atoms with Crippen molar-refractivity contribution in [2.24, 2.45) is 0 Å². The number of carbonyl (C=O) groups excluding carboxylic acids is 2. The number of ether oxygens (including phenoxy) is 1. The molecule has 28 heavy (non-hydrogen) atoms. The number of hydrogen-bond donors (Lipinski definition) is 2. The van der Waals surface area contributed by atoms with Crippen LogP contribution in [0.1, 0.15) is 17.2 Å². The highest BCUT2D eigenvalue weighted by Crippen LogP contribution is 2.26. The number of hydrogen-bond acceptors (Lipinski definition) is 4. The van der Waals surface area contributed by atoms with Crippen molar-refractivity contribution >= 4 is 39.9 Å². The summed E-state index contributed by atoms with van der Waals surface area (Å²) in [6.45, 7) is 0.915. The topological polar surface area (TPSA) is 84.5 Å². The molecular weight excluding hydrogens is 400 g/mol. The Morgan fingerprint density at radius 1 is 1.07 bits per heavy atom. The van der Waals surface area contributed by atoms with E-state index < -0.39 is 16.7 Å². The monoisotopic (exact) mass is 420 g/mol. The van der Waals surface area contributed by atoms with Crippen LogP contribution in [0.3, 0.4) is 0 Å². The van der Waals surface area contributed by atoms with Gasteiger partial charge in [-0.15, -0.1) is 0 Å². The van der Waals surface area contributed by atoms with Crippen molar-refractivity contribution in [1.29, 1.82) is 0 Å². The van der Waals surface area contributed by atoms with Gasteiger partial charge in [0.25, 0.3) is 0 Å². The molecule has 2 aromatic rings. The van der Waals surface area contributed by atoms with Crippen LogP contribution < -0.4 is 10.6 Å². The van der Waals surface area contributed by atoms with E-state index in [9.17, 15) is 13.8 Å². The van der Waals surface area contributed by atoms with E-state index in [1.54, 1.807) is 24.3 Å². The fourth-order valence-corrected chi connectivity index (χ4v) is 3.96. The quantitative estimate of drug-likeness (QED) is 0.720. The molecule has 8 heteroatoms. The first-order chi connectivity index (χ1) is 13.5. The number of anilines is 1. The zero-order valence-electron chi connectivity index (χ0n) is 15.2. The maximum absolute atomic E-state index is 12.1. The number of benzene rings is 2. The first kappa shape index (κ1) is 20.5. The smallest absolute Gasteiger partial charge is 0.237 e. The summed E-state index contributed by atoms with van der Waals surface area (Å²) in [5, 5.41) is 5.93. The molecule has 0 unspecified atom stereocenters. The van der Waals surface area contributed by atoms with Gasteiger partial charge < -0.3 is 15.4 Å². The number of carbonyl (C=O) groups is 2. The molecule has 2 amide bonds. The maximum atomic E-state index is 12.1. The highest BCUT2D eigenvalue weighted by molar-refractivity contribution is 7.86. The number of halogens is 1. The van der Waals surface area contributed by atoms with Gasteiger partial charge in [0.1, 0.15) is 17.6 Å². The lowest BCUT2D eigenvalue weighted by atomic mass is 9.97. The molecule has 0 spiro atoms. The number of nitrogens with one attached hydrogen (secondary N) is 2. The molecule has 0 aromatic heterocycles. The molecule has 0 fully saturated rings. The molecule has 0 aliphatic carbocycles. The molecule has 1 heterocycles. The van der Waals surface area contributed by atoms with Crippen molar-refractivity contribution in [3.63, 3.8) is 0 Å². The van der Waals surface area contributed by atoms with Gasteiger partial charge in [-0.2, -0.15) is 0 Å². The summed E-state index contributed by atoms with van der Waals surface area (Å²) < 4.78 is 17.8. The lowest BCUT2D eigenvalue weighted by molar-refractivity contribution is -0.119. The van der Waals surface area contributed by atoms with E-state index in [4.69, 9.17) is 16.3 Å². The normalized spacial score (nSPS) is 16.7. The predicted octanol–water partition coefficient (Wildman–Crippen LogP) is 2.46. The Morgan fingerprint density at radius 3 is 2.57 bits per heavy atom. The van der Waals surface area contributed by atoms with Gasteiger partial charge in [-0.3, -0.25) is 13.8 Å². The molecule has 3 rings (SSSR count). The zero-order valence-corrected chi connectivity index (χ0v) is 16.7. The first-order valence-electron chi connectivity index (χ1n) is 8.88. The maximum Gasteiger partial charge on any atom is 0.237 e. The predicted molar refractivity (Wildman–Crippen MR) is 110 cm³/mol. The van der Waals surface area contributed by atoms with Gasteiger partial charge in [0.15, 0.2) is 0 Å². The second kappa shape index (κ2) is 9.82. The van der Waals surface area contributed by atoms with Crippen molar-refractivity contribution in [3.05, 3.63) is 64.7 Å². The van der Waals surface area contributed by atoms with Crippen LogP contribution >= 0.6 is 11.6 Å². The summed E-state index contributed by atoms with van der Waals surface area (Å²) in [6.07, 6.45) is 0.642. The SMILES string of the molecule is O=C(C[S@@](=O)CC(=O)Nc1ccc(Cl)cc1)NC[C@@H]1OCCc2ccccc21. The minimum atomic E-state index is -1.60. The average molecular weight is 421 g/mol. The molecule has 0 saturated heterocycles. The number of fused-ring (bicyclic) bond motifs is 1. The van der Waals surface area contributed by atoms with Crippen molar-refractivity contribution in [1.82, 2.24) is 5.32 Å². The summed E-state index contributed by atoms with van der Waals surface area (Å²) in [4.78, 5) is 24.0. The van der Waals surface area contributed by atoms with E-state index in [-0.39, 0.29) is 23.5 Å². The fourth-order valence-electron chi connectivity index (χ4n) is 2.98. The molecule has 1 aliphatic rings. The molecule has 2 N–H and O–H groups in total. The fraction of sp³-hybridized carbons (Fsp3) is 0.300. The van der Waals surface area contributed by atoms with Gasteiger partial charge in [-0.25, -0.2) is 0 Å². The molecule has 0 bridgehead atoms. The van der Waals surface area contributed by atoms with E-state index in [0.29, 0.717) is 23.9 Å². The van der Waals surface area contributed by atoms with Crippen LogP contribution in [0.5, 0.6) is 0 Å². The molecular formula is C20H21ClN2O4S. The third kappa shape index (κ3) is 5.89. The van der Waals surface area contributed by atoms with E-state index in [0.717, 1.165) is 12.0 Å². The lowest BCUT2D eigenvalue weighted by Gasteiger charge is -2.26. The van der Waals surface area contributed by atoms with Gasteiger partial charge in [0, 0.05) is 28.1 Å². The summed E-state index contributed by atoms with van der Waals surface area (Å²) in [6, 6.07) is 14.6. The molecule has 0 saturated carbocycles. The van der Waals surface area contributed by atoms with E-state index >= 15 is 0 Å². The largest absolute Gasteiger partial charge is 0.371 e. The molecule has 2 atom stereocenters. The molecule has 0 radical (unpaired) electrons. The van der Waals surface area contributed by atoms with Gasteiger partial charge in [0.2, 0.25) is 11.8 Å². The third-order valence-corrected chi connectivity index (χ3v) is 5.71. The minimum Gasteiger partial charge on any atom is -0.371 e. The first-order valence-corrected chi connectivity index (χ1v) is 10.7. The summed E-state index contributed by atoms with van der Waals surface area (Å²) in [5.74, 6) is -1.27. The molecule has 6 nitrogen and oxygen atoms in total. The Labute approximate surface area is 171 Å². The Kier molecular flexibility index (Phi) is 7.19. The summed E-state index contributed by atoms with van der Waals surface area (Å²) in [7, 11) is -1.60. The van der Waals surface area contributed by atoms with Crippen LogP contribution in [-0.2, 0) is 31.5 Å². The summed E-state index contributed by atoms with van der Waals surface area (Å²) in [5.41, 5.74) is 2.84. The van der Waals surface area contributed by atoms with Crippen LogP contribution in [0.15, 0.2) is 48.5 Å². The van der Waals surface area contributed by atoms with E-state index in [1.165, 1.54) is 5.56 Å². The Bertz CT molecular complexity index is 873. The van der Waals surface area contributed by atoms with Crippen LogP contribution in [-0.4, -0.2) is 40.7 Å². The lowest BCUT2D eigenvalue weighted by Crippen LogP contribution is -2.35. The minimum absolute atomic E-state index is 0.212. The standard InChI is InChI=1S/C20H21ClN2O4S/c21-15-5-7-16(8-6-15)23-20(25)13-28(26)12-19(24)22-11-18-17-4-2-1-3-14(17)9-10-27-18/h1-8,18H,9-13H2,(H,22,24)(H,23,25)/t18-,28+/m0/s1. The van der Waals surface area contributed by atoms with Crippen molar-refractivity contribution in [3.8, 4) is 0 Å². The summed E-state index contributed by atoms with van der Waals surface area (Å²) >= 11 is 5.79. The van der Waals surface area contributed by atoms with Crippen LogP contribution in [0.2, 0.25) is 5.02 Å². The van der Waals surface area contributed by atoms with Crippen molar-refractivity contribution in [2.45, 2.75) is 12.5 Å². The molecule has 1 aliphatic heterocycles. The Hall–Kier alpha value is -2.22. The molecule has 148 valence electrons. The Morgan fingerprint density at radius 2 is 1.79 bits per heavy atom. The zero-order chi connectivity index (χ0) is 19.9. The second-order valence-corrected chi connectivity index (χ2v) is 8.29. The van der Waals surface area contributed by atoms with Crippen molar-refractivity contribution in [2.75, 3.05) is 30.0 Å². The van der Waals surface area contributed by atoms with Crippen molar-refractivity contribution < 1.29 is 18.5 Å². The van der Waals surface area contributed by atoms with E-state index in [1.807, 2.05) is 18.2 Å². The highest BCUT2D eigenvalue weighted by atomic mass is 35.5. The Balaban J connectivity index is 1.43. The highest BCUT2D eigenvalue weighted by Gasteiger charge is 2.21. The third-order valence-electron chi connectivity index (χ3n) is 4.29. The number of amides is 2. The van der Waals surface area contributed by atoms with Gasteiger partial charge in [-0.1, -0.05) is 35.9 Å².